The van der Waals surface area contributed by atoms with Gasteiger partial charge in [0.05, 0.1) is 0 Å². The maximum atomic E-state index is 13.1. The van der Waals surface area contributed by atoms with E-state index in [9.17, 15) is 9.50 Å². The first kappa shape index (κ1) is 18.0. The fourth-order valence-corrected chi connectivity index (χ4v) is 5.03. The Labute approximate surface area is 142 Å². The molecule has 0 heterocycles. The normalized spacial score (nSPS) is 13.6. The van der Waals surface area contributed by atoms with Gasteiger partial charge in [-0.05, 0) is 0 Å². The van der Waals surface area contributed by atoms with Crippen molar-refractivity contribution < 1.29 is 19.0 Å². The molecule has 2 atom stereocenters. The van der Waals surface area contributed by atoms with Crippen LogP contribution in [0.1, 0.15) is 30.3 Å². The van der Waals surface area contributed by atoms with E-state index in [1.54, 1.807) is 33.3 Å². The number of benzene rings is 2. The van der Waals surface area contributed by atoms with Gasteiger partial charge in [-0.15, -0.1) is 0 Å². The van der Waals surface area contributed by atoms with Gasteiger partial charge in [0.1, 0.15) is 0 Å². The summed E-state index contributed by atoms with van der Waals surface area (Å²) in [7, 11) is 3.26. The van der Waals surface area contributed by atoms with E-state index in [4.69, 9.17) is 9.47 Å². The summed E-state index contributed by atoms with van der Waals surface area (Å²) >= 11 is 0.0932. The zero-order valence-electron chi connectivity index (χ0n) is 13.5. The summed E-state index contributed by atoms with van der Waals surface area (Å²) in [4.78, 5) is 0. The molecule has 0 aliphatic heterocycles. The average molecular weight is 383 g/mol. The Kier molecular flexibility index (Phi) is 6.60. The van der Waals surface area contributed by atoms with E-state index in [0.717, 1.165) is 20.9 Å². The number of aliphatic hydroxyl groups excluding tert-OH is 1. The van der Waals surface area contributed by atoms with Gasteiger partial charge in [0.2, 0.25) is 0 Å². The molecule has 0 radical (unpaired) electrons. The molecule has 0 saturated carbocycles. The van der Waals surface area contributed by atoms with Gasteiger partial charge in [-0.2, -0.15) is 0 Å². The monoisotopic (exact) mass is 384 g/mol. The van der Waals surface area contributed by atoms with Crippen molar-refractivity contribution in [3.8, 4) is 5.75 Å². The van der Waals surface area contributed by atoms with Crippen molar-refractivity contribution in [3.63, 3.8) is 0 Å². The van der Waals surface area contributed by atoms with E-state index in [2.05, 4.69) is 0 Å². The second-order valence-electron chi connectivity index (χ2n) is 5.13. The zero-order chi connectivity index (χ0) is 16.8. The molecule has 23 heavy (non-hydrogen) atoms. The van der Waals surface area contributed by atoms with Crippen LogP contribution < -0.4 is 9.20 Å². The van der Waals surface area contributed by atoms with Gasteiger partial charge in [0.25, 0.3) is 0 Å². The first-order chi connectivity index (χ1) is 11.1. The Bertz CT molecular complexity index is 629. The van der Waals surface area contributed by atoms with Gasteiger partial charge in [-0.25, -0.2) is 0 Å². The van der Waals surface area contributed by atoms with Gasteiger partial charge < -0.3 is 0 Å². The number of methoxy groups -OCH3 is 2. The van der Waals surface area contributed by atoms with E-state index < -0.39 is 6.10 Å². The second kappa shape index (κ2) is 8.46. The molecule has 0 fully saturated rings. The summed E-state index contributed by atoms with van der Waals surface area (Å²) in [5.74, 6) is 0.452. The maximum absolute atomic E-state index is 13.1. The van der Waals surface area contributed by atoms with Crippen LogP contribution in [0.3, 0.4) is 0 Å². The van der Waals surface area contributed by atoms with Gasteiger partial charge in [0.15, 0.2) is 0 Å². The van der Waals surface area contributed by atoms with E-state index >= 15 is 0 Å². The van der Waals surface area contributed by atoms with Crippen molar-refractivity contribution in [2.45, 2.75) is 24.5 Å². The topological polar surface area (TPSA) is 38.7 Å². The number of ether oxygens (including phenoxy) is 2. The number of rotatable bonds is 7. The van der Waals surface area contributed by atoms with Crippen molar-refractivity contribution in [3.05, 3.63) is 59.4 Å². The minimum atomic E-state index is -0.588. The molecule has 3 nitrogen and oxygen atoms in total. The SMILES string of the molecule is COc1cccc([Se]C[C@@H](OC)c2ccc(F)cc2)c1[C@H](C)O. The van der Waals surface area contributed by atoms with Crippen LogP contribution in [-0.4, -0.2) is 34.3 Å². The summed E-state index contributed by atoms with van der Waals surface area (Å²) in [5.41, 5.74) is 1.79. The molecule has 0 saturated heterocycles. The van der Waals surface area contributed by atoms with Crippen LogP contribution in [0.5, 0.6) is 5.75 Å². The van der Waals surface area contributed by atoms with E-state index in [1.807, 2.05) is 18.2 Å². The molecule has 2 aromatic carbocycles. The van der Waals surface area contributed by atoms with Crippen LogP contribution in [-0.2, 0) is 4.74 Å². The fraction of sp³-hybridized carbons (Fsp3) is 0.333. The number of hydrogen-bond acceptors (Lipinski definition) is 3. The first-order valence-corrected chi connectivity index (χ1v) is 9.39. The zero-order valence-corrected chi connectivity index (χ0v) is 15.2. The van der Waals surface area contributed by atoms with E-state index in [0.29, 0.717) is 5.75 Å². The predicted molar refractivity (Wildman–Crippen MR) is 90.0 cm³/mol. The van der Waals surface area contributed by atoms with Crippen LogP contribution in [0.15, 0.2) is 42.5 Å². The van der Waals surface area contributed by atoms with Crippen LogP contribution >= 0.6 is 0 Å². The average Bonchev–Trinajstić information content (AvgIpc) is 2.56. The van der Waals surface area contributed by atoms with Crippen molar-refractivity contribution in [2.24, 2.45) is 0 Å². The third kappa shape index (κ3) is 4.55. The third-order valence-electron chi connectivity index (χ3n) is 3.58. The van der Waals surface area contributed by atoms with Gasteiger partial charge in [0, 0.05) is 0 Å². The molecule has 0 aromatic heterocycles. The molecular weight excluding hydrogens is 362 g/mol. The molecule has 5 heteroatoms. The van der Waals surface area contributed by atoms with Crippen LogP contribution in [0.2, 0.25) is 5.32 Å². The van der Waals surface area contributed by atoms with Crippen LogP contribution in [0.4, 0.5) is 4.39 Å². The summed E-state index contributed by atoms with van der Waals surface area (Å²) in [6.45, 7) is 1.74. The quantitative estimate of drug-likeness (QED) is 0.747. The van der Waals surface area contributed by atoms with Crippen LogP contribution in [0, 0.1) is 5.82 Å². The van der Waals surface area contributed by atoms with Gasteiger partial charge in [-0.1, -0.05) is 0 Å². The van der Waals surface area contributed by atoms with Gasteiger partial charge in [-0.3, -0.25) is 0 Å². The third-order valence-corrected chi connectivity index (χ3v) is 5.96. The first-order valence-electron chi connectivity index (χ1n) is 7.32. The second-order valence-corrected chi connectivity index (χ2v) is 7.36. The predicted octanol–water partition coefficient (Wildman–Crippen LogP) is 3.02. The Balaban J connectivity index is 2.17. The van der Waals surface area contributed by atoms with Crippen LogP contribution in [0.25, 0.3) is 0 Å². The Hall–Kier alpha value is -1.39. The summed E-state index contributed by atoms with van der Waals surface area (Å²) in [6, 6.07) is 12.2. The summed E-state index contributed by atoms with van der Waals surface area (Å²) in [6.07, 6.45) is -0.682. The number of halogens is 1. The van der Waals surface area contributed by atoms with Crippen molar-refractivity contribution in [2.75, 3.05) is 14.2 Å². The Morgan fingerprint density at radius 1 is 1.13 bits per heavy atom. The number of hydrogen-bond donors (Lipinski definition) is 1. The standard InChI is InChI=1S/C18H21FO3Se/c1-12(20)18-15(21-2)5-4-6-17(18)23-11-16(22-3)13-7-9-14(19)10-8-13/h4-10,12,16,20H,11H2,1-3H3/t12-,16+/m0/s1. The molecule has 2 rings (SSSR count). The van der Waals surface area contributed by atoms with Crippen molar-refractivity contribution >= 4 is 19.4 Å². The van der Waals surface area contributed by atoms with Gasteiger partial charge >= 0.3 is 142 Å². The molecule has 0 aliphatic carbocycles. The van der Waals surface area contributed by atoms with Crippen molar-refractivity contribution in [1.29, 1.82) is 0 Å². The van der Waals surface area contributed by atoms with Crippen molar-refractivity contribution in [1.82, 2.24) is 0 Å². The molecule has 0 aliphatic rings. The molecule has 2 aromatic rings. The summed E-state index contributed by atoms with van der Waals surface area (Å²) in [5, 5.41) is 10.8. The molecular formula is C18H21FO3Se. The van der Waals surface area contributed by atoms with E-state index in [-0.39, 0.29) is 26.9 Å². The molecule has 0 amide bonds. The Morgan fingerprint density at radius 3 is 2.39 bits per heavy atom. The van der Waals surface area contributed by atoms with E-state index in [1.165, 1.54) is 12.1 Å². The fourth-order valence-electron chi connectivity index (χ4n) is 2.38. The molecule has 0 unspecified atom stereocenters. The number of aliphatic hydroxyl groups is 1. The molecule has 1 N–H and O–H groups in total. The Morgan fingerprint density at radius 2 is 1.83 bits per heavy atom. The summed E-state index contributed by atoms with van der Waals surface area (Å²) < 4.78 is 25.1. The molecule has 0 spiro atoms. The molecule has 124 valence electrons. The molecule has 0 bridgehead atoms. The minimum absolute atomic E-state index is 0.0932.